The van der Waals surface area contributed by atoms with Crippen LogP contribution in [0, 0.1) is 17.7 Å². The lowest BCUT2D eigenvalue weighted by atomic mass is 9.97. The van der Waals surface area contributed by atoms with Gasteiger partial charge in [0.1, 0.15) is 5.82 Å². The van der Waals surface area contributed by atoms with Crippen molar-refractivity contribution in [1.82, 2.24) is 10.3 Å². The third-order valence-electron chi connectivity index (χ3n) is 4.61. The van der Waals surface area contributed by atoms with Crippen LogP contribution in [0.2, 0.25) is 0 Å². The van der Waals surface area contributed by atoms with Crippen molar-refractivity contribution in [3.63, 3.8) is 0 Å². The minimum atomic E-state index is -0.426. The lowest BCUT2D eigenvalue weighted by molar-refractivity contribution is -0.125. The van der Waals surface area contributed by atoms with E-state index in [1.807, 2.05) is 18.2 Å². The monoisotopic (exact) mass is 343 g/mol. The molecule has 1 amide bonds. The van der Waals surface area contributed by atoms with Crippen LogP contribution in [0.1, 0.15) is 12.5 Å². The van der Waals surface area contributed by atoms with Gasteiger partial charge in [0.05, 0.1) is 13.0 Å². The number of benzene rings is 1. The van der Waals surface area contributed by atoms with E-state index in [0.29, 0.717) is 18.7 Å². The predicted molar refractivity (Wildman–Crippen MR) is 93.9 cm³/mol. The highest BCUT2D eigenvalue weighted by atomic mass is 19.1. The van der Waals surface area contributed by atoms with Crippen LogP contribution in [-0.2, 0) is 11.3 Å². The number of nitrogens with zero attached hydrogens (tertiary/aromatic N) is 2. The number of carbonyl (C=O) groups excluding carboxylic acids is 1. The number of nitrogens with one attached hydrogen (secondary N) is 1. The zero-order valence-electron chi connectivity index (χ0n) is 14.4. The van der Waals surface area contributed by atoms with Crippen molar-refractivity contribution in [2.24, 2.45) is 11.8 Å². The Balaban J connectivity index is 1.59. The summed E-state index contributed by atoms with van der Waals surface area (Å²) in [6.45, 7) is 3.81. The zero-order valence-corrected chi connectivity index (χ0v) is 14.4. The van der Waals surface area contributed by atoms with Crippen LogP contribution in [0.15, 0.2) is 42.6 Å². The second kappa shape index (κ2) is 7.51. The number of pyridine rings is 1. The van der Waals surface area contributed by atoms with Gasteiger partial charge in [-0.2, -0.15) is 0 Å². The van der Waals surface area contributed by atoms with Crippen molar-refractivity contribution < 1.29 is 13.9 Å². The molecule has 1 aromatic carbocycles. The highest BCUT2D eigenvalue weighted by Gasteiger charge is 2.35. The highest BCUT2D eigenvalue weighted by Crippen LogP contribution is 2.27. The van der Waals surface area contributed by atoms with Crippen molar-refractivity contribution in [3.05, 3.63) is 54.0 Å². The van der Waals surface area contributed by atoms with Gasteiger partial charge in [0.25, 0.3) is 0 Å². The van der Waals surface area contributed by atoms with Crippen molar-refractivity contribution in [3.8, 4) is 5.75 Å². The molecule has 1 fully saturated rings. The second-order valence-corrected chi connectivity index (χ2v) is 6.36. The second-order valence-electron chi connectivity index (χ2n) is 6.36. The third kappa shape index (κ3) is 3.90. The molecule has 1 aliphatic heterocycles. The normalized spacial score (nSPS) is 19.7. The molecule has 0 spiro atoms. The minimum absolute atomic E-state index is 0.0119. The van der Waals surface area contributed by atoms with Crippen LogP contribution in [0.4, 0.5) is 10.2 Å². The van der Waals surface area contributed by atoms with Gasteiger partial charge in [-0.05, 0) is 35.7 Å². The smallest absolute Gasteiger partial charge is 0.225 e. The van der Waals surface area contributed by atoms with Gasteiger partial charge in [-0.1, -0.05) is 19.1 Å². The Morgan fingerprint density at radius 2 is 2.20 bits per heavy atom. The molecular formula is C19H22FN3O2. The molecule has 5 nitrogen and oxygen atoms in total. The summed E-state index contributed by atoms with van der Waals surface area (Å²) in [4.78, 5) is 19.0. The SMILES string of the molecule is COc1ccc(CNC(=O)[C@@H]2CN(c3ccccn3)C[C@H]2C)cc1F. The lowest BCUT2D eigenvalue weighted by Crippen LogP contribution is -2.34. The maximum Gasteiger partial charge on any atom is 0.225 e. The van der Waals surface area contributed by atoms with Crippen LogP contribution in [0.25, 0.3) is 0 Å². The first kappa shape index (κ1) is 17.2. The molecular weight excluding hydrogens is 321 g/mol. The van der Waals surface area contributed by atoms with Crippen molar-refractivity contribution in [1.29, 1.82) is 0 Å². The van der Waals surface area contributed by atoms with E-state index in [9.17, 15) is 9.18 Å². The summed E-state index contributed by atoms with van der Waals surface area (Å²) >= 11 is 0. The van der Waals surface area contributed by atoms with E-state index < -0.39 is 5.82 Å². The predicted octanol–water partition coefficient (Wildman–Crippen LogP) is 2.62. The first-order valence-electron chi connectivity index (χ1n) is 8.34. The molecule has 0 bridgehead atoms. The maximum absolute atomic E-state index is 13.7. The standard InChI is InChI=1S/C19H22FN3O2/c1-13-11-23(18-5-3-4-8-21-18)12-15(13)19(24)22-10-14-6-7-17(25-2)16(20)9-14/h3-9,13,15H,10-12H2,1-2H3,(H,22,24)/t13-,15-/m1/s1. The molecule has 2 aromatic rings. The van der Waals surface area contributed by atoms with E-state index in [1.165, 1.54) is 13.2 Å². The molecule has 0 aliphatic carbocycles. The van der Waals surface area contributed by atoms with Crippen molar-refractivity contribution in [2.75, 3.05) is 25.1 Å². The number of halogens is 1. The number of ether oxygens (including phenoxy) is 1. The maximum atomic E-state index is 13.7. The lowest BCUT2D eigenvalue weighted by Gasteiger charge is -2.17. The molecule has 1 N–H and O–H groups in total. The Hall–Kier alpha value is -2.63. The fourth-order valence-corrected chi connectivity index (χ4v) is 3.18. The number of hydrogen-bond acceptors (Lipinski definition) is 4. The Labute approximate surface area is 146 Å². The van der Waals surface area contributed by atoms with Gasteiger partial charge in [-0.3, -0.25) is 4.79 Å². The molecule has 6 heteroatoms. The number of aromatic nitrogens is 1. The minimum Gasteiger partial charge on any atom is -0.494 e. The van der Waals surface area contributed by atoms with Gasteiger partial charge < -0.3 is 15.0 Å². The largest absolute Gasteiger partial charge is 0.494 e. The molecule has 25 heavy (non-hydrogen) atoms. The van der Waals surface area contributed by atoms with Crippen LogP contribution in [-0.4, -0.2) is 31.1 Å². The summed E-state index contributed by atoms with van der Waals surface area (Å²) in [7, 11) is 1.43. The number of methoxy groups -OCH3 is 1. The quantitative estimate of drug-likeness (QED) is 0.907. The van der Waals surface area contributed by atoms with Crippen LogP contribution >= 0.6 is 0 Å². The zero-order chi connectivity index (χ0) is 17.8. The average molecular weight is 343 g/mol. The Morgan fingerprint density at radius 1 is 1.36 bits per heavy atom. The fraction of sp³-hybridized carbons (Fsp3) is 0.368. The Morgan fingerprint density at radius 3 is 2.88 bits per heavy atom. The summed E-state index contributed by atoms with van der Waals surface area (Å²) in [5, 5.41) is 2.91. The summed E-state index contributed by atoms with van der Waals surface area (Å²) in [5.41, 5.74) is 0.707. The topological polar surface area (TPSA) is 54.5 Å². The Kier molecular flexibility index (Phi) is 5.16. The van der Waals surface area contributed by atoms with Gasteiger partial charge in [0, 0.05) is 25.8 Å². The molecule has 2 atom stereocenters. The van der Waals surface area contributed by atoms with E-state index >= 15 is 0 Å². The van der Waals surface area contributed by atoms with E-state index in [0.717, 1.165) is 12.4 Å². The molecule has 0 unspecified atom stereocenters. The highest BCUT2D eigenvalue weighted by molar-refractivity contribution is 5.80. The summed E-state index contributed by atoms with van der Waals surface area (Å²) in [6.07, 6.45) is 1.76. The fourth-order valence-electron chi connectivity index (χ4n) is 3.18. The van der Waals surface area contributed by atoms with E-state index in [4.69, 9.17) is 4.74 Å². The molecule has 3 rings (SSSR count). The van der Waals surface area contributed by atoms with E-state index in [1.54, 1.807) is 18.3 Å². The molecule has 1 saturated heterocycles. The van der Waals surface area contributed by atoms with Crippen molar-refractivity contribution >= 4 is 11.7 Å². The summed E-state index contributed by atoms with van der Waals surface area (Å²) in [5.74, 6) is 0.777. The average Bonchev–Trinajstić information content (AvgIpc) is 3.02. The van der Waals surface area contributed by atoms with Crippen LogP contribution in [0.5, 0.6) is 5.75 Å². The van der Waals surface area contributed by atoms with Gasteiger partial charge in [-0.15, -0.1) is 0 Å². The van der Waals surface area contributed by atoms with Crippen molar-refractivity contribution in [2.45, 2.75) is 13.5 Å². The molecule has 1 aromatic heterocycles. The Bertz CT molecular complexity index is 739. The number of anilines is 1. The van der Waals surface area contributed by atoms with Gasteiger partial charge in [0.15, 0.2) is 11.6 Å². The van der Waals surface area contributed by atoms with Gasteiger partial charge >= 0.3 is 0 Å². The first-order valence-corrected chi connectivity index (χ1v) is 8.34. The number of amides is 1. The number of rotatable bonds is 5. The van der Waals surface area contributed by atoms with E-state index in [2.05, 4.69) is 22.1 Å². The first-order chi connectivity index (χ1) is 12.1. The molecule has 2 heterocycles. The van der Waals surface area contributed by atoms with Crippen LogP contribution in [0.3, 0.4) is 0 Å². The molecule has 0 saturated carbocycles. The molecule has 132 valence electrons. The van der Waals surface area contributed by atoms with Gasteiger partial charge in [-0.25, -0.2) is 9.37 Å². The van der Waals surface area contributed by atoms with Gasteiger partial charge in [0.2, 0.25) is 5.91 Å². The summed E-state index contributed by atoms with van der Waals surface area (Å²) < 4.78 is 18.6. The van der Waals surface area contributed by atoms with E-state index in [-0.39, 0.29) is 23.5 Å². The number of carbonyl (C=O) groups is 1. The third-order valence-corrected chi connectivity index (χ3v) is 4.61. The van der Waals surface area contributed by atoms with Crippen LogP contribution < -0.4 is 15.0 Å². The molecule has 0 radical (unpaired) electrons. The molecule has 1 aliphatic rings. The number of hydrogen-bond donors (Lipinski definition) is 1. The summed E-state index contributed by atoms with van der Waals surface area (Å²) in [6, 6.07) is 10.5.